The Morgan fingerprint density at radius 1 is 0.806 bits per heavy atom. The van der Waals surface area contributed by atoms with Gasteiger partial charge in [0, 0.05) is 6.54 Å². The molecular weight excluding hydrogens is 480 g/mol. The largest absolute Gasteiger partial charge is 0.494 e. The van der Waals surface area contributed by atoms with Crippen LogP contribution in [0.1, 0.15) is 26.3 Å². The second-order valence-electron chi connectivity index (χ2n) is 7.68. The van der Waals surface area contributed by atoms with Gasteiger partial charge in [0.05, 0.1) is 30.4 Å². The maximum Gasteiger partial charge on any atom is 0.264 e. The SMILES string of the molecule is CCOc1ccc(N(CC(=O)NCc2ccc(OCC)c(OCC)c2)S(=O)(=O)c2ccccc2)cc1. The highest BCUT2D eigenvalue weighted by molar-refractivity contribution is 7.92. The fourth-order valence-corrected chi connectivity index (χ4v) is 4.94. The van der Waals surface area contributed by atoms with Gasteiger partial charge in [-0.25, -0.2) is 8.42 Å². The van der Waals surface area contributed by atoms with Crippen LogP contribution >= 0.6 is 0 Å². The number of hydrogen-bond acceptors (Lipinski definition) is 6. The lowest BCUT2D eigenvalue weighted by atomic mass is 10.2. The number of hydrogen-bond donors (Lipinski definition) is 1. The van der Waals surface area contributed by atoms with Crippen LogP contribution in [0, 0.1) is 0 Å². The molecule has 0 radical (unpaired) electrons. The minimum atomic E-state index is -3.99. The van der Waals surface area contributed by atoms with Crippen LogP contribution in [-0.2, 0) is 21.4 Å². The minimum Gasteiger partial charge on any atom is -0.494 e. The van der Waals surface area contributed by atoms with Crippen molar-refractivity contribution in [1.29, 1.82) is 0 Å². The predicted octanol–water partition coefficient (Wildman–Crippen LogP) is 4.39. The number of rotatable bonds is 13. The van der Waals surface area contributed by atoms with E-state index in [1.165, 1.54) is 12.1 Å². The molecule has 0 bridgehead atoms. The molecule has 0 saturated carbocycles. The predicted molar refractivity (Wildman–Crippen MR) is 139 cm³/mol. The van der Waals surface area contributed by atoms with Crippen molar-refractivity contribution in [3.8, 4) is 17.2 Å². The zero-order valence-electron chi connectivity index (χ0n) is 20.8. The van der Waals surface area contributed by atoms with E-state index in [1.54, 1.807) is 54.6 Å². The van der Waals surface area contributed by atoms with Gasteiger partial charge in [0.25, 0.3) is 10.0 Å². The maximum atomic E-state index is 13.5. The Balaban J connectivity index is 1.80. The summed E-state index contributed by atoms with van der Waals surface area (Å²) in [5.74, 6) is 1.39. The van der Waals surface area contributed by atoms with Crippen molar-refractivity contribution in [2.75, 3.05) is 30.7 Å². The fourth-order valence-electron chi connectivity index (χ4n) is 3.50. The van der Waals surface area contributed by atoms with E-state index in [2.05, 4.69) is 5.32 Å². The first kappa shape index (κ1) is 26.9. The Kier molecular flexibility index (Phi) is 9.58. The number of ether oxygens (including phenoxy) is 3. The quantitative estimate of drug-likeness (QED) is 0.365. The number of amides is 1. The summed E-state index contributed by atoms with van der Waals surface area (Å²) >= 11 is 0. The normalized spacial score (nSPS) is 11.0. The molecule has 0 spiro atoms. The van der Waals surface area contributed by atoms with Crippen LogP contribution < -0.4 is 23.8 Å². The molecule has 192 valence electrons. The molecule has 0 heterocycles. The van der Waals surface area contributed by atoms with E-state index in [4.69, 9.17) is 14.2 Å². The van der Waals surface area contributed by atoms with Gasteiger partial charge in [0.15, 0.2) is 11.5 Å². The van der Waals surface area contributed by atoms with Crippen LogP contribution in [0.3, 0.4) is 0 Å². The molecule has 8 nitrogen and oxygen atoms in total. The van der Waals surface area contributed by atoms with E-state index in [1.807, 2.05) is 26.8 Å². The van der Waals surface area contributed by atoms with Crippen molar-refractivity contribution in [2.45, 2.75) is 32.2 Å². The van der Waals surface area contributed by atoms with Crippen molar-refractivity contribution < 1.29 is 27.4 Å². The average Bonchev–Trinajstić information content (AvgIpc) is 2.89. The third kappa shape index (κ3) is 6.91. The van der Waals surface area contributed by atoms with Crippen LogP contribution in [0.25, 0.3) is 0 Å². The summed E-state index contributed by atoms with van der Waals surface area (Å²) in [6, 6.07) is 20.1. The van der Waals surface area contributed by atoms with Gasteiger partial charge < -0.3 is 19.5 Å². The Morgan fingerprint density at radius 2 is 1.44 bits per heavy atom. The Hall–Kier alpha value is -3.72. The lowest BCUT2D eigenvalue weighted by Gasteiger charge is -2.24. The first-order valence-electron chi connectivity index (χ1n) is 11.8. The molecule has 36 heavy (non-hydrogen) atoms. The minimum absolute atomic E-state index is 0.0968. The molecule has 0 unspecified atom stereocenters. The lowest BCUT2D eigenvalue weighted by molar-refractivity contribution is -0.119. The summed E-state index contributed by atoms with van der Waals surface area (Å²) in [5.41, 5.74) is 1.16. The Bertz CT molecular complexity index is 1230. The highest BCUT2D eigenvalue weighted by Gasteiger charge is 2.27. The lowest BCUT2D eigenvalue weighted by Crippen LogP contribution is -2.40. The molecular formula is C27H32N2O6S. The molecule has 0 aliphatic rings. The summed E-state index contributed by atoms with van der Waals surface area (Å²) in [6.45, 7) is 6.93. The topological polar surface area (TPSA) is 94.2 Å². The molecule has 9 heteroatoms. The number of nitrogens with one attached hydrogen (secondary N) is 1. The molecule has 0 aromatic heterocycles. The molecule has 3 rings (SSSR count). The highest BCUT2D eigenvalue weighted by Crippen LogP contribution is 2.29. The van der Waals surface area contributed by atoms with Gasteiger partial charge in [0.1, 0.15) is 12.3 Å². The van der Waals surface area contributed by atoms with Gasteiger partial charge in [-0.05, 0) is 74.9 Å². The molecule has 0 aliphatic carbocycles. The zero-order valence-corrected chi connectivity index (χ0v) is 21.6. The fraction of sp³-hybridized carbons (Fsp3) is 0.296. The highest BCUT2D eigenvalue weighted by atomic mass is 32.2. The van der Waals surface area contributed by atoms with Gasteiger partial charge in [-0.3, -0.25) is 9.10 Å². The zero-order chi connectivity index (χ0) is 26.0. The molecule has 0 saturated heterocycles. The number of sulfonamides is 1. The number of nitrogens with zero attached hydrogens (tertiary/aromatic N) is 1. The van der Waals surface area contributed by atoms with E-state index < -0.39 is 15.9 Å². The van der Waals surface area contributed by atoms with Crippen molar-refractivity contribution >= 4 is 21.6 Å². The summed E-state index contributed by atoms with van der Waals surface area (Å²) in [4.78, 5) is 13.0. The molecule has 3 aromatic rings. The number of benzene rings is 3. The molecule has 0 fully saturated rings. The van der Waals surface area contributed by atoms with Crippen LogP contribution in [0.15, 0.2) is 77.7 Å². The van der Waals surface area contributed by atoms with Crippen LogP contribution in [0.2, 0.25) is 0 Å². The molecule has 1 N–H and O–H groups in total. The van der Waals surface area contributed by atoms with E-state index in [0.29, 0.717) is 42.8 Å². The molecule has 0 atom stereocenters. The third-order valence-corrected chi connectivity index (χ3v) is 6.94. The number of carbonyl (C=O) groups excluding carboxylic acids is 1. The first-order chi connectivity index (χ1) is 17.4. The van der Waals surface area contributed by atoms with E-state index in [9.17, 15) is 13.2 Å². The molecule has 3 aromatic carbocycles. The number of carbonyl (C=O) groups is 1. The van der Waals surface area contributed by atoms with E-state index >= 15 is 0 Å². The molecule has 0 aliphatic heterocycles. The van der Waals surface area contributed by atoms with Crippen LogP contribution in [0.5, 0.6) is 17.2 Å². The number of anilines is 1. The van der Waals surface area contributed by atoms with Crippen LogP contribution in [-0.4, -0.2) is 40.7 Å². The monoisotopic (exact) mass is 512 g/mol. The van der Waals surface area contributed by atoms with Crippen molar-refractivity contribution in [1.82, 2.24) is 5.32 Å². The van der Waals surface area contributed by atoms with E-state index in [-0.39, 0.29) is 18.0 Å². The smallest absolute Gasteiger partial charge is 0.264 e. The molecule has 1 amide bonds. The van der Waals surface area contributed by atoms with Crippen molar-refractivity contribution in [3.63, 3.8) is 0 Å². The summed E-state index contributed by atoms with van der Waals surface area (Å²) < 4.78 is 44.7. The van der Waals surface area contributed by atoms with Gasteiger partial charge in [0.2, 0.25) is 5.91 Å². The van der Waals surface area contributed by atoms with Gasteiger partial charge in [-0.2, -0.15) is 0 Å². The summed E-state index contributed by atoms with van der Waals surface area (Å²) in [7, 11) is -3.99. The van der Waals surface area contributed by atoms with Crippen LogP contribution in [0.4, 0.5) is 5.69 Å². The average molecular weight is 513 g/mol. The van der Waals surface area contributed by atoms with E-state index in [0.717, 1.165) is 9.87 Å². The Morgan fingerprint density at radius 3 is 2.08 bits per heavy atom. The second-order valence-corrected chi connectivity index (χ2v) is 9.54. The second kappa shape index (κ2) is 12.8. The maximum absolute atomic E-state index is 13.5. The Labute approximate surface area is 212 Å². The van der Waals surface area contributed by atoms with Gasteiger partial charge in [-0.1, -0.05) is 24.3 Å². The van der Waals surface area contributed by atoms with Crippen molar-refractivity contribution in [3.05, 3.63) is 78.4 Å². The first-order valence-corrected chi connectivity index (χ1v) is 13.3. The standard InChI is InChI=1S/C27H32N2O6S/c1-4-33-23-15-13-22(14-16-23)29(36(31,32)24-10-8-7-9-11-24)20-27(30)28-19-21-12-17-25(34-5-2)26(18-21)35-6-3/h7-18H,4-6,19-20H2,1-3H3,(H,28,30). The third-order valence-electron chi connectivity index (χ3n) is 5.15. The summed E-state index contributed by atoms with van der Waals surface area (Å²) in [6.07, 6.45) is 0. The summed E-state index contributed by atoms with van der Waals surface area (Å²) in [5, 5.41) is 2.81. The van der Waals surface area contributed by atoms with Gasteiger partial charge >= 0.3 is 0 Å². The van der Waals surface area contributed by atoms with Crippen molar-refractivity contribution in [2.24, 2.45) is 0 Å². The van der Waals surface area contributed by atoms with Gasteiger partial charge in [-0.15, -0.1) is 0 Å².